The summed E-state index contributed by atoms with van der Waals surface area (Å²) in [6, 6.07) is 3.86. The minimum absolute atomic E-state index is 0. The second kappa shape index (κ2) is 8.85. The van der Waals surface area contributed by atoms with Crippen molar-refractivity contribution in [3.8, 4) is 11.5 Å². The maximum absolute atomic E-state index is 11.8. The third-order valence-corrected chi connectivity index (χ3v) is 3.91. The summed E-state index contributed by atoms with van der Waals surface area (Å²) in [4.78, 5) is 22.8. The predicted octanol–water partition coefficient (Wildman–Crippen LogP) is -1.03. The topological polar surface area (TPSA) is 165 Å². The first kappa shape index (κ1) is 22.4. The number of carboxylic acids is 1. The standard InChI is InChI=1S/C16H18O9.Na/c17-9-3-1-8(5-10(9)18)2-4-13(21)25-14-11(19)6-16(24,15(22)23)7-12(14)20;/h1-5,11-12,14,17-20,24H,6-7H2,(H,22,23);/b4-2+;/t11-,12+,14?,16?;. The van der Waals surface area contributed by atoms with Gasteiger partial charge in [0, 0.05) is 48.5 Å². The molecule has 9 nitrogen and oxygen atoms in total. The SMILES string of the molecule is O=C(/C=C/c1ccc(O)c(O)c1)OC1[C@H](O)CC(O)(C(=O)O)C[C@@H]1O.[Na]. The van der Waals surface area contributed by atoms with Crippen LogP contribution in [0.1, 0.15) is 18.4 Å². The molecule has 6 N–H and O–H groups in total. The Morgan fingerprint density at radius 1 is 1.12 bits per heavy atom. The first-order chi connectivity index (χ1) is 11.6. The van der Waals surface area contributed by atoms with E-state index in [9.17, 15) is 35.1 Å². The molecule has 1 aromatic carbocycles. The van der Waals surface area contributed by atoms with Crippen LogP contribution in [0.4, 0.5) is 0 Å². The molecule has 2 rings (SSSR count). The van der Waals surface area contributed by atoms with E-state index in [1.165, 1.54) is 24.3 Å². The molecule has 1 aliphatic carbocycles. The number of phenols is 2. The Balaban J connectivity index is 0.00000338. The Bertz CT molecular complexity index is 691. The number of aromatic hydroxyl groups is 2. The van der Waals surface area contributed by atoms with Gasteiger partial charge in [-0.2, -0.15) is 0 Å². The maximum Gasteiger partial charge on any atom is 0.335 e. The summed E-state index contributed by atoms with van der Waals surface area (Å²) in [7, 11) is 0. The van der Waals surface area contributed by atoms with Gasteiger partial charge in [0.05, 0.1) is 12.2 Å². The van der Waals surface area contributed by atoms with Gasteiger partial charge in [-0.15, -0.1) is 0 Å². The van der Waals surface area contributed by atoms with Gasteiger partial charge in [-0.3, -0.25) is 0 Å². The largest absolute Gasteiger partial charge is 0.504 e. The Labute approximate surface area is 170 Å². The fourth-order valence-corrected chi connectivity index (χ4v) is 2.58. The van der Waals surface area contributed by atoms with Crippen LogP contribution < -0.4 is 0 Å². The van der Waals surface area contributed by atoms with E-state index in [0.29, 0.717) is 5.56 Å². The Morgan fingerprint density at radius 2 is 1.69 bits per heavy atom. The van der Waals surface area contributed by atoms with E-state index in [1.807, 2.05) is 0 Å². The van der Waals surface area contributed by atoms with Gasteiger partial charge in [0.15, 0.2) is 23.2 Å². The van der Waals surface area contributed by atoms with Crippen molar-refractivity contribution in [2.75, 3.05) is 0 Å². The molecule has 0 bridgehead atoms. The molecule has 0 spiro atoms. The van der Waals surface area contributed by atoms with Crippen LogP contribution in [-0.2, 0) is 14.3 Å². The maximum atomic E-state index is 11.8. The van der Waals surface area contributed by atoms with Crippen LogP contribution in [0.25, 0.3) is 6.08 Å². The van der Waals surface area contributed by atoms with Crippen molar-refractivity contribution in [3.63, 3.8) is 0 Å². The molecule has 0 amide bonds. The first-order valence-electron chi connectivity index (χ1n) is 7.35. The van der Waals surface area contributed by atoms with E-state index in [2.05, 4.69) is 0 Å². The number of aliphatic hydroxyl groups excluding tert-OH is 2. The molecule has 0 aromatic heterocycles. The summed E-state index contributed by atoms with van der Waals surface area (Å²) in [6.07, 6.45) is -3.43. The second-order valence-corrected chi connectivity index (χ2v) is 5.86. The summed E-state index contributed by atoms with van der Waals surface area (Å²) in [6.45, 7) is 0. The molecular weight excluding hydrogens is 359 g/mol. The molecule has 1 aromatic rings. The number of phenolic OH excluding ortho intramolecular Hbond substituents is 2. The average Bonchev–Trinajstić information content (AvgIpc) is 2.52. The number of esters is 1. The molecule has 4 atom stereocenters. The van der Waals surface area contributed by atoms with Crippen LogP contribution in [0.3, 0.4) is 0 Å². The quantitative estimate of drug-likeness (QED) is 0.167. The molecule has 0 aliphatic heterocycles. The number of hydrogen-bond acceptors (Lipinski definition) is 8. The number of carbonyl (C=O) groups excluding carboxylic acids is 1. The van der Waals surface area contributed by atoms with Gasteiger partial charge in [0.1, 0.15) is 0 Å². The zero-order valence-electron chi connectivity index (χ0n) is 13.9. The van der Waals surface area contributed by atoms with E-state index in [-0.39, 0.29) is 41.1 Å². The first-order valence-corrected chi connectivity index (χ1v) is 7.35. The molecule has 137 valence electrons. The smallest absolute Gasteiger partial charge is 0.335 e. The second-order valence-electron chi connectivity index (χ2n) is 5.86. The van der Waals surface area contributed by atoms with Gasteiger partial charge in [0.2, 0.25) is 0 Å². The molecule has 0 saturated heterocycles. The van der Waals surface area contributed by atoms with Crippen molar-refractivity contribution in [2.24, 2.45) is 0 Å². The van der Waals surface area contributed by atoms with Crippen LogP contribution in [0.2, 0.25) is 0 Å². The van der Waals surface area contributed by atoms with Crippen LogP contribution >= 0.6 is 0 Å². The summed E-state index contributed by atoms with van der Waals surface area (Å²) >= 11 is 0. The molecule has 1 radical (unpaired) electrons. The average molecular weight is 377 g/mol. The van der Waals surface area contributed by atoms with Crippen LogP contribution in [-0.4, -0.2) is 96.0 Å². The third kappa shape index (κ3) is 5.19. The fraction of sp³-hybridized carbons (Fsp3) is 0.375. The molecule has 0 heterocycles. The minimum Gasteiger partial charge on any atom is -0.504 e. The molecule has 10 heteroatoms. The van der Waals surface area contributed by atoms with Gasteiger partial charge in [-0.05, 0) is 23.8 Å². The Kier molecular flexibility index (Phi) is 7.63. The predicted molar refractivity (Wildman–Crippen MR) is 88.3 cm³/mol. The molecule has 1 fully saturated rings. The van der Waals surface area contributed by atoms with E-state index in [1.54, 1.807) is 0 Å². The Hall–Kier alpha value is -1.62. The zero-order chi connectivity index (χ0) is 18.8. The molecule has 1 saturated carbocycles. The van der Waals surface area contributed by atoms with E-state index in [0.717, 1.165) is 6.08 Å². The van der Waals surface area contributed by atoms with E-state index in [4.69, 9.17) is 9.84 Å². The third-order valence-electron chi connectivity index (χ3n) is 3.91. The van der Waals surface area contributed by atoms with Gasteiger partial charge in [-0.25, -0.2) is 9.59 Å². The van der Waals surface area contributed by atoms with Crippen molar-refractivity contribution >= 4 is 47.6 Å². The number of carbonyl (C=O) groups is 2. The number of carboxylic acid groups (broad SMARTS) is 1. The number of hydrogen-bond donors (Lipinski definition) is 6. The van der Waals surface area contributed by atoms with Gasteiger partial charge < -0.3 is 35.4 Å². The summed E-state index contributed by atoms with van der Waals surface area (Å²) in [5.41, 5.74) is -1.90. The van der Waals surface area contributed by atoms with Crippen molar-refractivity contribution in [2.45, 2.75) is 36.8 Å². The summed E-state index contributed by atoms with van der Waals surface area (Å²) in [5, 5.41) is 57.1. The number of rotatable bonds is 4. The van der Waals surface area contributed by atoms with Crippen LogP contribution in [0.5, 0.6) is 11.5 Å². The zero-order valence-corrected chi connectivity index (χ0v) is 15.9. The van der Waals surface area contributed by atoms with Crippen LogP contribution in [0, 0.1) is 0 Å². The van der Waals surface area contributed by atoms with Gasteiger partial charge >= 0.3 is 11.9 Å². The van der Waals surface area contributed by atoms with Gasteiger partial charge in [0.25, 0.3) is 0 Å². The van der Waals surface area contributed by atoms with E-state index >= 15 is 0 Å². The molecule has 26 heavy (non-hydrogen) atoms. The number of benzene rings is 1. The van der Waals surface area contributed by atoms with Crippen molar-refractivity contribution < 1.29 is 45.0 Å². The summed E-state index contributed by atoms with van der Waals surface area (Å²) in [5.74, 6) is -3.19. The minimum atomic E-state index is -2.29. The van der Waals surface area contributed by atoms with Crippen molar-refractivity contribution in [1.29, 1.82) is 0 Å². The summed E-state index contributed by atoms with van der Waals surface area (Å²) < 4.78 is 4.92. The van der Waals surface area contributed by atoms with Crippen molar-refractivity contribution in [1.82, 2.24) is 0 Å². The molecular formula is C16H18NaO9. The van der Waals surface area contributed by atoms with Crippen molar-refractivity contribution in [3.05, 3.63) is 29.8 Å². The normalized spacial score (nSPS) is 28.3. The number of aliphatic carboxylic acids is 1. The Morgan fingerprint density at radius 3 is 2.19 bits per heavy atom. The van der Waals surface area contributed by atoms with Crippen LogP contribution in [0.15, 0.2) is 24.3 Å². The van der Waals surface area contributed by atoms with Gasteiger partial charge in [-0.1, -0.05) is 6.07 Å². The monoisotopic (exact) mass is 377 g/mol. The molecule has 2 unspecified atom stereocenters. The van der Waals surface area contributed by atoms with E-state index < -0.39 is 48.7 Å². The number of aliphatic hydroxyl groups is 3. The fourth-order valence-electron chi connectivity index (χ4n) is 2.58. The number of ether oxygens (including phenoxy) is 1. The molecule has 1 aliphatic rings.